The van der Waals surface area contributed by atoms with Gasteiger partial charge in [0.2, 0.25) is 0 Å². The summed E-state index contributed by atoms with van der Waals surface area (Å²) in [5.41, 5.74) is 0.748. The molecule has 6 nitrogen and oxygen atoms in total. The Morgan fingerprint density at radius 3 is 2.48 bits per heavy atom. The first kappa shape index (κ1) is 24.7. The lowest BCUT2D eigenvalue weighted by Gasteiger charge is -2.43. The number of likely N-dealkylation sites (N-methyl/N-ethyl adjacent to an activating group) is 1. The van der Waals surface area contributed by atoms with Crippen LogP contribution < -0.4 is 10.2 Å². The second-order valence-electron chi connectivity index (χ2n) is 8.72. The van der Waals surface area contributed by atoms with Crippen molar-refractivity contribution in [3.05, 3.63) is 53.4 Å². The Morgan fingerprint density at radius 2 is 1.91 bits per heavy atom. The largest absolute Gasteiger partial charge is 0.412 e. The predicted octanol–water partition coefficient (Wildman–Crippen LogP) is 4.89. The van der Waals surface area contributed by atoms with E-state index >= 15 is 0 Å². The highest BCUT2D eigenvalue weighted by Gasteiger charge is 2.33. The Morgan fingerprint density at radius 1 is 1.24 bits per heavy atom. The smallest absolute Gasteiger partial charge is 0.362 e. The van der Waals surface area contributed by atoms with Gasteiger partial charge in [0.25, 0.3) is 0 Å². The first-order valence-electron chi connectivity index (χ1n) is 10.8. The Balaban J connectivity index is 1.96. The van der Waals surface area contributed by atoms with Crippen LogP contribution >= 0.6 is 0 Å². The standard InChI is InChI=1S/C24H31F3N6/c1-8-9-19(14(2)15(3)24(25,26)27)16(4)29-23-20-10-22(33-12-18(13-33)32(6)7)28-11-21(20)17(5)30-31-23/h8-11,16,18H,1,12-13H2,2-7H3,(H,29,31)/b15-14+,19-9+/t16-/m1/s1. The Kier molecular flexibility index (Phi) is 7.11. The predicted molar refractivity (Wildman–Crippen MR) is 128 cm³/mol. The minimum Gasteiger partial charge on any atom is -0.362 e. The van der Waals surface area contributed by atoms with Gasteiger partial charge in [-0.05, 0) is 59.0 Å². The second kappa shape index (κ2) is 9.51. The zero-order chi connectivity index (χ0) is 24.5. The summed E-state index contributed by atoms with van der Waals surface area (Å²) >= 11 is 0. The molecule has 1 fully saturated rings. The molecule has 2 aromatic heterocycles. The lowest BCUT2D eigenvalue weighted by Crippen LogP contribution is -2.57. The van der Waals surface area contributed by atoms with Crippen LogP contribution in [0.3, 0.4) is 0 Å². The van der Waals surface area contributed by atoms with Crippen molar-refractivity contribution in [2.75, 3.05) is 37.4 Å². The molecular weight excluding hydrogens is 429 g/mol. The Hall–Kier alpha value is -2.94. The number of rotatable bonds is 7. The number of anilines is 2. The number of aryl methyl sites for hydroxylation is 1. The lowest BCUT2D eigenvalue weighted by molar-refractivity contribution is -0.0920. The fourth-order valence-electron chi connectivity index (χ4n) is 3.84. The highest BCUT2D eigenvalue weighted by atomic mass is 19.4. The van der Waals surface area contributed by atoms with Crippen molar-refractivity contribution in [2.24, 2.45) is 0 Å². The van der Waals surface area contributed by atoms with Crippen LogP contribution in [-0.2, 0) is 0 Å². The van der Waals surface area contributed by atoms with Crippen molar-refractivity contribution >= 4 is 22.4 Å². The summed E-state index contributed by atoms with van der Waals surface area (Å²) in [7, 11) is 4.12. The molecule has 1 N–H and O–H groups in total. The van der Waals surface area contributed by atoms with Crippen molar-refractivity contribution in [3.63, 3.8) is 0 Å². The fraction of sp³-hybridized carbons (Fsp3) is 0.458. The van der Waals surface area contributed by atoms with Crippen LogP contribution in [0.5, 0.6) is 0 Å². The molecule has 178 valence electrons. The topological polar surface area (TPSA) is 57.2 Å². The second-order valence-corrected chi connectivity index (χ2v) is 8.72. The summed E-state index contributed by atoms with van der Waals surface area (Å²) in [6.45, 7) is 11.7. The number of hydrogen-bond acceptors (Lipinski definition) is 6. The molecule has 0 amide bonds. The number of allylic oxidation sites excluding steroid dienone is 3. The van der Waals surface area contributed by atoms with E-state index in [4.69, 9.17) is 0 Å². The summed E-state index contributed by atoms with van der Waals surface area (Å²) in [4.78, 5) is 8.98. The number of halogens is 3. The van der Waals surface area contributed by atoms with Crippen LogP contribution in [0.2, 0.25) is 0 Å². The SMILES string of the molecule is C=C/C=C(\C(C)=C(/C)C(F)(F)F)[C@@H](C)Nc1nnc(C)c2cnc(N3CC(N(C)C)C3)cc12. The third kappa shape index (κ3) is 5.19. The Bertz CT molecular complexity index is 1100. The molecule has 9 heteroatoms. The minimum atomic E-state index is -4.40. The van der Waals surface area contributed by atoms with Gasteiger partial charge in [0.05, 0.1) is 11.7 Å². The third-order valence-electron chi connectivity index (χ3n) is 6.29. The van der Waals surface area contributed by atoms with Crippen LogP contribution in [0.15, 0.2) is 47.7 Å². The van der Waals surface area contributed by atoms with Crippen molar-refractivity contribution in [1.82, 2.24) is 20.1 Å². The normalized spacial score (nSPS) is 17.2. The average molecular weight is 461 g/mol. The molecular formula is C24H31F3N6. The van der Waals surface area contributed by atoms with Crippen molar-refractivity contribution < 1.29 is 13.2 Å². The van der Waals surface area contributed by atoms with E-state index in [0.29, 0.717) is 17.4 Å². The summed E-state index contributed by atoms with van der Waals surface area (Å²) in [5, 5.41) is 13.5. The lowest BCUT2D eigenvalue weighted by atomic mass is 9.95. The molecule has 0 radical (unpaired) electrons. The van der Waals surface area contributed by atoms with Gasteiger partial charge >= 0.3 is 6.18 Å². The van der Waals surface area contributed by atoms with Crippen molar-refractivity contribution in [2.45, 2.75) is 46.0 Å². The van der Waals surface area contributed by atoms with Gasteiger partial charge in [0.1, 0.15) is 5.82 Å². The van der Waals surface area contributed by atoms with Gasteiger partial charge in [-0.2, -0.15) is 18.3 Å². The van der Waals surface area contributed by atoms with Gasteiger partial charge in [-0.3, -0.25) is 0 Å². The number of fused-ring (bicyclic) bond motifs is 1. The molecule has 33 heavy (non-hydrogen) atoms. The molecule has 0 saturated carbocycles. The number of nitrogens with zero attached hydrogens (tertiary/aromatic N) is 5. The van der Waals surface area contributed by atoms with E-state index in [-0.39, 0.29) is 5.57 Å². The Labute approximate surface area is 192 Å². The van der Waals surface area contributed by atoms with Crippen LogP contribution in [0.4, 0.5) is 24.8 Å². The fourth-order valence-corrected chi connectivity index (χ4v) is 3.84. The molecule has 3 heterocycles. The average Bonchev–Trinajstić information content (AvgIpc) is 2.71. The number of nitrogens with one attached hydrogen (secondary N) is 1. The molecule has 3 rings (SSSR count). The molecule has 2 aromatic rings. The molecule has 1 aliphatic heterocycles. The van der Waals surface area contributed by atoms with E-state index < -0.39 is 17.8 Å². The quantitative estimate of drug-likeness (QED) is 0.594. The number of pyridine rings is 1. The van der Waals surface area contributed by atoms with Crippen LogP contribution in [0.1, 0.15) is 26.5 Å². The molecule has 0 unspecified atom stereocenters. The zero-order valence-electron chi connectivity index (χ0n) is 20.0. The molecule has 1 saturated heterocycles. The van der Waals surface area contributed by atoms with Gasteiger partial charge in [-0.15, -0.1) is 5.10 Å². The summed E-state index contributed by atoms with van der Waals surface area (Å²) in [6.07, 6.45) is 0.475. The minimum absolute atomic E-state index is 0.157. The van der Waals surface area contributed by atoms with Crippen molar-refractivity contribution in [1.29, 1.82) is 0 Å². The maximum Gasteiger partial charge on any atom is 0.412 e. The molecule has 1 aliphatic rings. The molecule has 1 atom stereocenters. The number of alkyl halides is 3. The first-order chi connectivity index (χ1) is 15.4. The van der Waals surface area contributed by atoms with E-state index in [1.165, 1.54) is 13.0 Å². The van der Waals surface area contributed by atoms with Gasteiger partial charge < -0.3 is 15.1 Å². The van der Waals surface area contributed by atoms with E-state index in [0.717, 1.165) is 42.3 Å². The van der Waals surface area contributed by atoms with E-state index in [9.17, 15) is 13.2 Å². The monoisotopic (exact) mass is 460 g/mol. The zero-order valence-corrected chi connectivity index (χ0v) is 20.0. The number of hydrogen-bond donors (Lipinski definition) is 1. The van der Waals surface area contributed by atoms with Gasteiger partial charge in [-0.25, -0.2) is 4.98 Å². The maximum absolute atomic E-state index is 13.3. The number of aromatic nitrogens is 3. The summed E-state index contributed by atoms with van der Waals surface area (Å²) in [5.74, 6) is 1.35. The van der Waals surface area contributed by atoms with Crippen LogP contribution in [-0.4, -0.2) is 65.5 Å². The maximum atomic E-state index is 13.3. The van der Waals surface area contributed by atoms with Gasteiger partial charge in [0, 0.05) is 41.7 Å². The molecule has 0 spiro atoms. The van der Waals surface area contributed by atoms with Gasteiger partial charge in [-0.1, -0.05) is 18.7 Å². The molecule has 0 bridgehead atoms. The van der Waals surface area contributed by atoms with Crippen LogP contribution in [0.25, 0.3) is 10.8 Å². The summed E-state index contributed by atoms with van der Waals surface area (Å²) < 4.78 is 39.9. The first-order valence-corrected chi connectivity index (χ1v) is 10.8. The van der Waals surface area contributed by atoms with Gasteiger partial charge in [0.15, 0.2) is 5.82 Å². The van der Waals surface area contributed by atoms with E-state index in [1.807, 2.05) is 13.0 Å². The van der Waals surface area contributed by atoms with Crippen molar-refractivity contribution in [3.8, 4) is 0 Å². The highest BCUT2D eigenvalue weighted by Crippen LogP contribution is 2.33. The highest BCUT2D eigenvalue weighted by molar-refractivity contribution is 5.94. The summed E-state index contributed by atoms with van der Waals surface area (Å²) in [6, 6.07) is 1.99. The van der Waals surface area contributed by atoms with E-state index in [1.54, 1.807) is 19.2 Å². The molecule has 0 aromatic carbocycles. The van der Waals surface area contributed by atoms with Crippen LogP contribution in [0, 0.1) is 6.92 Å². The van der Waals surface area contributed by atoms with E-state index in [2.05, 4.69) is 51.0 Å². The molecule has 0 aliphatic carbocycles. The third-order valence-corrected chi connectivity index (χ3v) is 6.29.